The number of benzene rings is 1. The van der Waals surface area contributed by atoms with E-state index in [9.17, 15) is 0 Å². The van der Waals surface area contributed by atoms with Crippen molar-refractivity contribution < 1.29 is 0 Å². The van der Waals surface area contributed by atoms with Gasteiger partial charge in [0.1, 0.15) is 0 Å². The molecule has 1 rings (SSSR count). The van der Waals surface area contributed by atoms with Crippen molar-refractivity contribution in [3.8, 4) is 0 Å². The van der Waals surface area contributed by atoms with Gasteiger partial charge in [-0.25, -0.2) is 0 Å². The van der Waals surface area contributed by atoms with Crippen molar-refractivity contribution in [2.45, 2.75) is 62.6 Å². The van der Waals surface area contributed by atoms with Crippen molar-refractivity contribution in [1.82, 2.24) is 5.32 Å². The Morgan fingerprint density at radius 2 is 1.90 bits per heavy atom. The molecule has 1 N–H and O–H groups in total. The lowest BCUT2D eigenvalue weighted by Crippen LogP contribution is -2.38. The summed E-state index contributed by atoms with van der Waals surface area (Å²) in [5.41, 5.74) is 0. The van der Waals surface area contributed by atoms with Crippen LogP contribution < -0.4 is 5.32 Å². The molecule has 0 spiro atoms. The zero-order valence-corrected chi connectivity index (χ0v) is 14.9. The third kappa shape index (κ3) is 5.85. The monoisotopic (exact) mass is 333 g/mol. The van der Waals surface area contributed by atoms with Gasteiger partial charge in [0.25, 0.3) is 0 Å². The van der Waals surface area contributed by atoms with Crippen LogP contribution in [0, 0.1) is 0 Å². The van der Waals surface area contributed by atoms with Crippen molar-refractivity contribution in [2.75, 3.05) is 6.54 Å². The Hall–Kier alpha value is 0.110. The van der Waals surface area contributed by atoms with Gasteiger partial charge in [-0.15, -0.1) is 11.8 Å². The number of halogens is 2. The molecular formula is C16H25Cl2NS. The summed E-state index contributed by atoms with van der Waals surface area (Å²) in [7, 11) is 0. The minimum Gasteiger partial charge on any atom is -0.313 e. The predicted molar refractivity (Wildman–Crippen MR) is 93.4 cm³/mol. The number of hydrogen-bond donors (Lipinski definition) is 1. The van der Waals surface area contributed by atoms with Gasteiger partial charge in [0.15, 0.2) is 0 Å². The van der Waals surface area contributed by atoms with Gasteiger partial charge >= 0.3 is 0 Å². The molecule has 2 atom stereocenters. The lowest BCUT2D eigenvalue weighted by atomic mass is 10.1. The molecule has 0 radical (unpaired) electrons. The third-order valence-electron chi connectivity index (χ3n) is 3.28. The second-order valence-electron chi connectivity index (χ2n) is 4.99. The molecule has 0 aliphatic rings. The van der Waals surface area contributed by atoms with Crippen LogP contribution in [0.4, 0.5) is 0 Å². The van der Waals surface area contributed by atoms with Crippen LogP contribution in [0.3, 0.4) is 0 Å². The second-order valence-corrected chi connectivity index (χ2v) is 7.11. The molecule has 4 heteroatoms. The molecule has 0 saturated heterocycles. The number of nitrogens with one attached hydrogen (secondary N) is 1. The van der Waals surface area contributed by atoms with Gasteiger partial charge in [-0.2, -0.15) is 0 Å². The highest BCUT2D eigenvalue weighted by atomic mass is 35.5. The van der Waals surface area contributed by atoms with Crippen LogP contribution in [-0.2, 0) is 0 Å². The zero-order valence-electron chi connectivity index (χ0n) is 12.6. The molecule has 0 aliphatic heterocycles. The first-order valence-corrected chi connectivity index (χ1v) is 9.10. The highest BCUT2D eigenvalue weighted by Gasteiger charge is 2.20. The molecule has 0 fully saturated rings. The summed E-state index contributed by atoms with van der Waals surface area (Å²) in [6.07, 6.45) is 4.68. The van der Waals surface area contributed by atoms with E-state index in [4.69, 9.17) is 23.2 Å². The van der Waals surface area contributed by atoms with Crippen LogP contribution in [-0.4, -0.2) is 17.8 Å². The Kier molecular flexibility index (Phi) is 9.03. The Labute approximate surface area is 137 Å². The van der Waals surface area contributed by atoms with Crippen molar-refractivity contribution in [3.63, 3.8) is 0 Å². The maximum atomic E-state index is 6.28. The zero-order chi connectivity index (χ0) is 15.0. The van der Waals surface area contributed by atoms with Gasteiger partial charge in [-0.05, 0) is 44.0 Å². The molecule has 0 aromatic heterocycles. The SMILES string of the molecule is CCCNC(CCC)C(CC)Sc1cc(Cl)ccc1Cl. The minimum absolute atomic E-state index is 0.525. The van der Waals surface area contributed by atoms with Gasteiger partial charge in [-0.3, -0.25) is 0 Å². The number of thioether (sulfide) groups is 1. The van der Waals surface area contributed by atoms with Crippen LogP contribution in [0.15, 0.2) is 23.1 Å². The summed E-state index contributed by atoms with van der Waals surface area (Å²) < 4.78 is 0. The fourth-order valence-electron chi connectivity index (χ4n) is 2.24. The molecule has 0 heterocycles. The Bertz CT molecular complexity index is 398. The van der Waals surface area contributed by atoms with E-state index in [1.807, 2.05) is 30.0 Å². The third-order valence-corrected chi connectivity index (χ3v) is 5.51. The van der Waals surface area contributed by atoms with Crippen LogP contribution in [0.5, 0.6) is 0 Å². The largest absolute Gasteiger partial charge is 0.313 e. The average molecular weight is 334 g/mol. The van der Waals surface area contributed by atoms with Gasteiger partial charge in [-0.1, -0.05) is 50.4 Å². The molecule has 20 heavy (non-hydrogen) atoms. The van der Waals surface area contributed by atoms with Crippen LogP contribution in [0.25, 0.3) is 0 Å². The van der Waals surface area contributed by atoms with Crippen molar-refractivity contribution in [1.29, 1.82) is 0 Å². The van der Waals surface area contributed by atoms with E-state index in [2.05, 4.69) is 26.1 Å². The van der Waals surface area contributed by atoms with E-state index in [0.29, 0.717) is 11.3 Å². The molecule has 1 aromatic carbocycles. The molecule has 0 saturated carbocycles. The molecular weight excluding hydrogens is 309 g/mol. The lowest BCUT2D eigenvalue weighted by Gasteiger charge is -2.27. The highest BCUT2D eigenvalue weighted by molar-refractivity contribution is 8.00. The molecule has 0 bridgehead atoms. The average Bonchev–Trinajstić information content (AvgIpc) is 2.44. The van der Waals surface area contributed by atoms with Crippen molar-refractivity contribution >= 4 is 35.0 Å². The topological polar surface area (TPSA) is 12.0 Å². The van der Waals surface area contributed by atoms with E-state index < -0.39 is 0 Å². The minimum atomic E-state index is 0.525. The van der Waals surface area contributed by atoms with Crippen molar-refractivity contribution in [2.24, 2.45) is 0 Å². The van der Waals surface area contributed by atoms with Gasteiger partial charge in [0.05, 0.1) is 5.02 Å². The van der Waals surface area contributed by atoms with Crippen LogP contribution in [0.2, 0.25) is 10.0 Å². The predicted octanol–water partition coefficient (Wildman–Crippen LogP) is 6.03. The van der Waals surface area contributed by atoms with Crippen molar-refractivity contribution in [3.05, 3.63) is 28.2 Å². The van der Waals surface area contributed by atoms with E-state index in [-0.39, 0.29) is 0 Å². The van der Waals surface area contributed by atoms with E-state index in [1.165, 1.54) is 19.3 Å². The number of rotatable bonds is 9. The van der Waals surface area contributed by atoms with Gasteiger partial charge in [0.2, 0.25) is 0 Å². The first kappa shape index (κ1) is 18.2. The van der Waals surface area contributed by atoms with Gasteiger partial charge < -0.3 is 5.32 Å². The maximum Gasteiger partial charge on any atom is 0.0543 e. The molecule has 0 amide bonds. The summed E-state index contributed by atoms with van der Waals surface area (Å²) in [5, 5.41) is 5.75. The van der Waals surface area contributed by atoms with Crippen LogP contribution >= 0.6 is 35.0 Å². The molecule has 1 aromatic rings. The Morgan fingerprint density at radius 1 is 1.15 bits per heavy atom. The summed E-state index contributed by atoms with van der Waals surface area (Å²) >= 11 is 14.2. The normalized spacial score (nSPS) is 14.2. The summed E-state index contributed by atoms with van der Waals surface area (Å²) in [4.78, 5) is 1.09. The smallest absolute Gasteiger partial charge is 0.0543 e. The molecule has 0 aliphatic carbocycles. The first-order chi connectivity index (χ1) is 9.62. The first-order valence-electron chi connectivity index (χ1n) is 7.47. The lowest BCUT2D eigenvalue weighted by molar-refractivity contribution is 0.454. The summed E-state index contributed by atoms with van der Waals surface area (Å²) in [6, 6.07) is 6.23. The maximum absolute atomic E-state index is 6.28. The molecule has 1 nitrogen and oxygen atoms in total. The van der Waals surface area contributed by atoms with Gasteiger partial charge in [0, 0.05) is 21.2 Å². The van der Waals surface area contributed by atoms with E-state index >= 15 is 0 Å². The fraction of sp³-hybridized carbons (Fsp3) is 0.625. The standard InChI is InChI=1S/C16H25Cl2NS/c1-4-7-14(19-10-5-2)15(6-3)20-16-11-12(17)8-9-13(16)18/h8-9,11,14-15,19H,4-7,10H2,1-3H3. The fourth-order valence-corrected chi connectivity index (χ4v) is 3.99. The second kappa shape index (κ2) is 9.94. The summed E-state index contributed by atoms with van der Waals surface area (Å²) in [5.74, 6) is 0. The highest BCUT2D eigenvalue weighted by Crippen LogP contribution is 2.35. The Balaban J connectivity index is 2.79. The van der Waals surface area contributed by atoms with E-state index in [1.54, 1.807) is 0 Å². The Morgan fingerprint density at radius 3 is 2.50 bits per heavy atom. The van der Waals surface area contributed by atoms with E-state index in [0.717, 1.165) is 27.9 Å². The number of hydrogen-bond acceptors (Lipinski definition) is 2. The quantitative estimate of drug-likeness (QED) is 0.553. The van der Waals surface area contributed by atoms with Crippen LogP contribution in [0.1, 0.15) is 46.5 Å². The summed E-state index contributed by atoms with van der Waals surface area (Å²) in [6.45, 7) is 7.76. The molecule has 2 unspecified atom stereocenters. The molecule has 114 valence electrons.